The molecule has 1 aliphatic rings. The van der Waals surface area contributed by atoms with Gasteiger partial charge in [0.15, 0.2) is 0 Å². The zero-order valence-corrected chi connectivity index (χ0v) is 10.2. The number of nitrogens with zero attached hydrogens (tertiary/aromatic N) is 1. The number of hydrogen-bond acceptors (Lipinski definition) is 3. The van der Waals surface area contributed by atoms with Crippen LogP contribution in [-0.2, 0) is 4.79 Å². The van der Waals surface area contributed by atoms with Crippen LogP contribution in [0.15, 0.2) is 0 Å². The third-order valence-corrected chi connectivity index (χ3v) is 2.91. The van der Waals surface area contributed by atoms with Gasteiger partial charge in [-0.15, -0.1) is 0 Å². The molecular formula is C12H23NO3. The largest absolute Gasteiger partial charge is 0.481 e. The van der Waals surface area contributed by atoms with Gasteiger partial charge in [-0.1, -0.05) is 13.8 Å². The van der Waals surface area contributed by atoms with Crippen molar-refractivity contribution in [1.29, 1.82) is 0 Å². The maximum Gasteiger partial charge on any atom is 0.306 e. The Kier molecular flexibility index (Phi) is 5.22. The molecule has 0 aromatic heterocycles. The lowest BCUT2D eigenvalue weighted by atomic mass is 10.1. The Morgan fingerprint density at radius 2 is 2.06 bits per heavy atom. The molecule has 1 atom stereocenters. The van der Waals surface area contributed by atoms with Crippen LogP contribution in [0.25, 0.3) is 0 Å². The molecule has 0 amide bonds. The van der Waals surface area contributed by atoms with Crippen molar-refractivity contribution < 1.29 is 15.0 Å². The van der Waals surface area contributed by atoms with Crippen LogP contribution < -0.4 is 0 Å². The molecule has 0 saturated heterocycles. The number of aliphatic hydroxyl groups excluding tert-OH is 1. The van der Waals surface area contributed by atoms with Crippen molar-refractivity contribution in [3.63, 3.8) is 0 Å². The summed E-state index contributed by atoms with van der Waals surface area (Å²) in [5.41, 5.74) is 0. The van der Waals surface area contributed by atoms with Crippen LogP contribution in [0.4, 0.5) is 0 Å². The molecule has 0 radical (unpaired) electrons. The molecule has 4 nitrogen and oxygen atoms in total. The highest BCUT2D eigenvalue weighted by Gasteiger charge is 2.30. The van der Waals surface area contributed by atoms with Crippen LogP contribution in [-0.4, -0.2) is 46.3 Å². The first-order valence-electron chi connectivity index (χ1n) is 6.13. The minimum Gasteiger partial charge on any atom is -0.481 e. The molecule has 94 valence electrons. The van der Waals surface area contributed by atoms with Gasteiger partial charge in [-0.25, -0.2) is 0 Å². The molecule has 16 heavy (non-hydrogen) atoms. The van der Waals surface area contributed by atoms with Crippen molar-refractivity contribution in [2.24, 2.45) is 5.92 Å². The van der Waals surface area contributed by atoms with Gasteiger partial charge in [-0.2, -0.15) is 0 Å². The highest BCUT2D eigenvalue weighted by molar-refractivity contribution is 5.67. The molecule has 0 aliphatic heterocycles. The highest BCUT2D eigenvalue weighted by atomic mass is 16.4. The fraction of sp³-hybridized carbons (Fsp3) is 0.917. The van der Waals surface area contributed by atoms with Crippen molar-refractivity contribution in [2.45, 2.75) is 51.7 Å². The van der Waals surface area contributed by atoms with Crippen molar-refractivity contribution in [1.82, 2.24) is 4.90 Å². The molecule has 4 heteroatoms. The first-order chi connectivity index (χ1) is 7.49. The first-order valence-corrected chi connectivity index (χ1v) is 6.13. The van der Waals surface area contributed by atoms with Crippen molar-refractivity contribution in [2.75, 3.05) is 13.1 Å². The Morgan fingerprint density at radius 1 is 1.44 bits per heavy atom. The number of carbonyl (C=O) groups is 1. The monoisotopic (exact) mass is 229 g/mol. The summed E-state index contributed by atoms with van der Waals surface area (Å²) in [5, 5.41) is 18.2. The second-order valence-corrected chi connectivity index (χ2v) is 5.16. The molecule has 0 heterocycles. The summed E-state index contributed by atoms with van der Waals surface area (Å²) in [6, 6.07) is 0.585. The van der Waals surface area contributed by atoms with Gasteiger partial charge in [0.1, 0.15) is 0 Å². The molecule has 0 bridgehead atoms. The van der Waals surface area contributed by atoms with E-state index < -0.39 is 12.1 Å². The van der Waals surface area contributed by atoms with E-state index in [0.717, 1.165) is 13.0 Å². The minimum atomic E-state index is -0.924. The predicted molar refractivity (Wildman–Crippen MR) is 62.3 cm³/mol. The Morgan fingerprint density at radius 3 is 2.50 bits per heavy atom. The van der Waals surface area contributed by atoms with Gasteiger partial charge in [0.25, 0.3) is 0 Å². The van der Waals surface area contributed by atoms with E-state index in [1.54, 1.807) is 0 Å². The lowest BCUT2D eigenvalue weighted by Crippen LogP contribution is -2.36. The van der Waals surface area contributed by atoms with E-state index in [0.29, 0.717) is 18.5 Å². The fourth-order valence-corrected chi connectivity index (χ4v) is 1.82. The molecule has 0 aromatic rings. The summed E-state index contributed by atoms with van der Waals surface area (Å²) in [6.07, 6.45) is 2.61. The van der Waals surface area contributed by atoms with Crippen LogP contribution in [0.2, 0.25) is 0 Å². The van der Waals surface area contributed by atoms with E-state index in [-0.39, 0.29) is 6.42 Å². The van der Waals surface area contributed by atoms with Crippen LogP contribution in [0.1, 0.15) is 39.5 Å². The Bertz CT molecular complexity index is 226. The number of aliphatic carboxylic acids is 1. The van der Waals surface area contributed by atoms with Gasteiger partial charge in [0, 0.05) is 12.6 Å². The molecule has 1 fully saturated rings. The fourth-order valence-electron chi connectivity index (χ4n) is 1.82. The second-order valence-electron chi connectivity index (χ2n) is 5.16. The van der Waals surface area contributed by atoms with Gasteiger partial charge in [0.2, 0.25) is 0 Å². The standard InChI is InChI=1S/C12H23NO3/c1-9(2)5-6-13(10-3-4-10)8-11(14)7-12(15)16/h9-11,14H,3-8H2,1-2H3,(H,15,16). The zero-order chi connectivity index (χ0) is 12.1. The quantitative estimate of drug-likeness (QED) is 0.659. The third-order valence-electron chi connectivity index (χ3n) is 2.91. The lowest BCUT2D eigenvalue weighted by molar-refractivity contribution is -0.139. The van der Waals surface area contributed by atoms with E-state index in [2.05, 4.69) is 18.7 Å². The SMILES string of the molecule is CC(C)CCN(CC(O)CC(=O)O)C1CC1. The van der Waals surface area contributed by atoms with Crippen LogP contribution in [0, 0.1) is 5.92 Å². The number of carboxylic acids is 1. The topological polar surface area (TPSA) is 60.8 Å². The smallest absolute Gasteiger partial charge is 0.306 e. The predicted octanol–water partition coefficient (Wildman–Crippen LogP) is 1.33. The molecule has 1 rings (SSSR count). The van der Waals surface area contributed by atoms with Gasteiger partial charge < -0.3 is 10.2 Å². The van der Waals surface area contributed by atoms with Crippen LogP contribution in [0.5, 0.6) is 0 Å². The second kappa shape index (κ2) is 6.21. The Hall–Kier alpha value is -0.610. The van der Waals surface area contributed by atoms with E-state index in [9.17, 15) is 9.90 Å². The van der Waals surface area contributed by atoms with Crippen molar-refractivity contribution >= 4 is 5.97 Å². The van der Waals surface area contributed by atoms with E-state index in [1.807, 2.05) is 0 Å². The van der Waals surface area contributed by atoms with Gasteiger partial charge in [-0.05, 0) is 31.7 Å². The van der Waals surface area contributed by atoms with Crippen LogP contribution in [0.3, 0.4) is 0 Å². The number of rotatable bonds is 8. The summed E-state index contributed by atoms with van der Waals surface area (Å²) in [6.45, 7) is 5.83. The molecule has 0 spiro atoms. The Balaban J connectivity index is 2.29. The normalized spacial score (nSPS) is 18.1. The number of hydrogen-bond donors (Lipinski definition) is 2. The Labute approximate surface area is 97.3 Å². The number of aliphatic hydroxyl groups is 1. The summed E-state index contributed by atoms with van der Waals surface area (Å²) in [5.74, 6) is -0.273. The average molecular weight is 229 g/mol. The summed E-state index contributed by atoms with van der Waals surface area (Å²) < 4.78 is 0. The first kappa shape index (κ1) is 13.5. The van der Waals surface area contributed by atoms with Gasteiger partial charge >= 0.3 is 5.97 Å². The van der Waals surface area contributed by atoms with Crippen LogP contribution >= 0.6 is 0 Å². The summed E-state index contributed by atoms with van der Waals surface area (Å²) in [4.78, 5) is 12.7. The third kappa shape index (κ3) is 5.47. The molecule has 0 aromatic carbocycles. The average Bonchev–Trinajstić information content (AvgIpc) is 2.93. The maximum atomic E-state index is 10.5. The highest BCUT2D eigenvalue weighted by Crippen LogP contribution is 2.27. The molecule has 2 N–H and O–H groups in total. The maximum absolute atomic E-state index is 10.5. The molecule has 1 unspecified atom stereocenters. The minimum absolute atomic E-state index is 0.148. The molecule has 1 aliphatic carbocycles. The number of carboxylic acid groups (broad SMARTS) is 1. The van der Waals surface area contributed by atoms with Gasteiger partial charge in [-0.3, -0.25) is 9.69 Å². The molecule has 1 saturated carbocycles. The van der Waals surface area contributed by atoms with Crippen molar-refractivity contribution in [3.05, 3.63) is 0 Å². The van der Waals surface area contributed by atoms with E-state index in [4.69, 9.17) is 5.11 Å². The van der Waals surface area contributed by atoms with Gasteiger partial charge in [0.05, 0.1) is 12.5 Å². The van der Waals surface area contributed by atoms with E-state index in [1.165, 1.54) is 12.8 Å². The molecular weight excluding hydrogens is 206 g/mol. The zero-order valence-electron chi connectivity index (χ0n) is 10.2. The van der Waals surface area contributed by atoms with E-state index >= 15 is 0 Å². The summed E-state index contributed by atoms with van der Waals surface area (Å²) in [7, 11) is 0. The van der Waals surface area contributed by atoms with Crippen molar-refractivity contribution in [3.8, 4) is 0 Å². The summed E-state index contributed by atoms with van der Waals surface area (Å²) >= 11 is 0. The lowest BCUT2D eigenvalue weighted by Gasteiger charge is -2.25.